The molecule has 0 spiro atoms. The molecule has 0 aliphatic carbocycles. The summed E-state index contributed by atoms with van der Waals surface area (Å²) in [7, 11) is 0. The number of aliphatic carboxylic acids is 1. The third-order valence-electron chi connectivity index (χ3n) is 2.40. The number of hydrogen-bond acceptors (Lipinski definition) is 2. The molecule has 0 saturated carbocycles. The fourth-order valence-electron chi connectivity index (χ4n) is 1.67. The van der Waals surface area contributed by atoms with Gasteiger partial charge in [0.2, 0.25) is 0 Å². The number of carbonyl (C=O) groups is 2. The molecule has 0 aromatic carbocycles. The Labute approximate surface area is 115 Å². The Bertz CT molecular complexity index is 375. The van der Waals surface area contributed by atoms with Gasteiger partial charge in [-0.25, -0.2) is 4.79 Å². The molecular formula is C14H24N2O3. The first-order valence-corrected chi connectivity index (χ1v) is 6.23. The average molecular weight is 268 g/mol. The van der Waals surface area contributed by atoms with E-state index in [0.29, 0.717) is 6.42 Å². The van der Waals surface area contributed by atoms with E-state index in [2.05, 4.69) is 16.6 Å². The lowest BCUT2D eigenvalue weighted by Gasteiger charge is -2.27. The summed E-state index contributed by atoms with van der Waals surface area (Å²) < 4.78 is 0. The van der Waals surface area contributed by atoms with Crippen molar-refractivity contribution in [1.29, 1.82) is 0 Å². The second kappa shape index (κ2) is 6.46. The molecule has 0 fully saturated rings. The van der Waals surface area contributed by atoms with Gasteiger partial charge in [0.15, 0.2) is 0 Å². The number of carboxylic acid groups (broad SMARTS) is 1. The molecule has 0 radical (unpaired) electrons. The van der Waals surface area contributed by atoms with Gasteiger partial charge in [0.05, 0.1) is 12.0 Å². The summed E-state index contributed by atoms with van der Waals surface area (Å²) in [5, 5.41) is 14.2. The van der Waals surface area contributed by atoms with Crippen LogP contribution in [-0.2, 0) is 4.79 Å². The van der Waals surface area contributed by atoms with E-state index in [1.165, 1.54) is 0 Å². The summed E-state index contributed by atoms with van der Waals surface area (Å²) in [6.07, 6.45) is 5.74. The molecule has 0 aromatic heterocycles. The lowest BCUT2D eigenvalue weighted by molar-refractivity contribution is -0.137. The van der Waals surface area contributed by atoms with E-state index >= 15 is 0 Å². The standard InChI is InChI=1S/C14H24N2O3/c1-7-14(5,6)16-12(19)15-10(8-11(17)18)9-13(2,3)4/h1,10H,8-9H2,2-6H3,(H,17,18)(H2,15,16,19). The third-order valence-corrected chi connectivity index (χ3v) is 2.40. The molecule has 2 amide bonds. The SMILES string of the molecule is C#CC(C)(C)NC(=O)NC(CC(=O)O)CC(C)(C)C. The second-order valence-corrected chi connectivity index (χ2v) is 6.43. The molecular weight excluding hydrogens is 244 g/mol. The number of hydrogen-bond donors (Lipinski definition) is 3. The summed E-state index contributed by atoms with van der Waals surface area (Å²) in [5.41, 5.74) is -0.839. The summed E-state index contributed by atoms with van der Waals surface area (Å²) in [5.74, 6) is 1.51. The topological polar surface area (TPSA) is 78.4 Å². The Morgan fingerprint density at radius 1 is 1.26 bits per heavy atom. The zero-order valence-electron chi connectivity index (χ0n) is 12.3. The smallest absolute Gasteiger partial charge is 0.316 e. The van der Waals surface area contributed by atoms with E-state index < -0.39 is 23.6 Å². The number of rotatable bonds is 5. The van der Waals surface area contributed by atoms with Gasteiger partial charge in [-0.1, -0.05) is 26.7 Å². The molecule has 108 valence electrons. The van der Waals surface area contributed by atoms with Gasteiger partial charge in [0.1, 0.15) is 0 Å². The first-order chi connectivity index (χ1) is 8.45. The Kier molecular flexibility index (Phi) is 5.88. The van der Waals surface area contributed by atoms with Crippen molar-refractivity contribution in [2.75, 3.05) is 0 Å². The number of carbonyl (C=O) groups excluding carboxylic acids is 1. The van der Waals surface area contributed by atoms with Crippen LogP contribution in [0.15, 0.2) is 0 Å². The van der Waals surface area contributed by atoms with Crippen molar-refractivity contribution in [2.45, 2.75) is 59.0 Å². The van der Waals surface area contributed by atoms with Crippen LogP contribution in [0.3, 0.4) is 0 Å². The molecule has 1 unspecified atom stereocenters. The normalized spacial score (nSPS) is 13.3. The molecule has 0 bridgehead atoms. The van der Waals surface area contributed by atoms with Crippen LogP contribution in [0.4, 0.5) is 4.79 Å². The summed E-state index contributed by atoms with van der Waals surface area (Å²) >= 11 is 0. The minimum Gasteiger partial charge on any atom is -0.481 e. The predicted octanol–water partition coefficient (Wildman–Crippen LogP) is 1.98. The number of carboxylic acids is 1. The maximum atomic E-state index is 11.8. The maximum Gasteiger partial charge on any atom is 0.316 e. The highest BCUT2D eigenvalue weighted by molar-refractivity contribution is 5.76. The Hall–Kier alpha value is -1.70. The van der Waals surface area contributed by atoms with E-state index in [4.69, 9.17) is 11.5 Å². The highest BCUT2D eigenvalue weighted by Gasteiger charge is 2.24. The molecule has 5 nitrogen and oxygen atoms in total. The van der Waals surface area contributed by atoms with Crippen LogP contribution in [0.1, 0.15) is 47.5 Å². The van der Waals surface area contributed by atoms with Crippen LogP contribution in [0.2, 0.25) is 0 Å². The molecule has 0 aromatic rings. The second-order valence-electron chi connectivity index (χ2n) is 6.43. The van der Waals surface area contributed by atoms with Gasteiger partial charge in [-0.3, -0.25) is 4.79 Å². The first kappa shape index (κ1) is 17.3. The third kappa shape index (κ3) is 8.95. The van der Waals surface area contributed by atoms with Crippen LogP contribution < -0.4 is 10.6 Å². The van der Waals surface area contributed by atoms with E-state index in [1.54, 1.807) is 13.8 Å². The van der Waals surface area contributed by atoms with Crippen LogP contribution in [0.25, 0.3) is 0 Å². The molecule has 0 aliphatic heterocycles. The molecule has 0 heterocycles. The monoisotopic (exact) mass is 268 g/mol. The molecule has 1 atom stereocenters. The van der Waals surface area contributed by atoms with Crippen LogP contribution in [-0.4, -0.2) is 28.7 Å². The quantitative estimate of drug-likeness (QED) is 0.667. The van der Waals surface area contributed by atoms with Crippen molar-refractivity contribution < 1.29 is 14.7 Å². The minimum absolute atomic E-state index is 0.0744. The maximum absolute atomic E-state index is 11.8. The molecule has 0 rings (SSSR count). The van der Waals surface area contributed by atoms with Gasteiger partial charge < -0.3 is 15.7 Å². The molecule has 0 aliphatic rings. The minimum atomic E-state index is -0.939. The Balaban J connectivity index is 4.61. The van der Waals surface area contributed by atoms with Crippen LogP contribution in [0.5, 0.6) is 0 Å². The van der Waals surface area contributed by atoms with Gasteiger partial charge in [0.25, 0.3) is 0 Å². The van der Waals surface area contributed by atoms with Gasteiger partial charge in [-0.15, -0.1) is 6.42 Å². The lowest BCUT2D eigenvalue weighted by Crippen LogP contribution is -2.51. The van der Waals surface area contributed by atoms with Crippen molar-refractivity contribution in [3.63, 3.8) is 0 Å². The Morgan fingerprint density at radius 2 is 1.79 bits per heavy atom. The number of amides is 2. The molecule has 5 heteroatoms. The highest BCUT2D eigenvalue weighted by atomic mass is 16.4. The zero-order chi connectivity index (χ0) is 15.3. The van der Waals surface area contributed by atoms with Gasteiger partial charge in [-0.05, 0) is 25.7 Å². The zero-order valence-corrected chi connectivity index (χ0v) is 12.3. The first-order valence-electron chi connectivity index (χ1n) is 6.23. The number of terminal acetylenes is 1. The van der Waals surface area contributed by atoms with Crippen molar-refractivity contribution in [2.24, 2.45) is 5.41 Å². The fraction of sp³-hybridized carbons (Fsp3) is 0.714. The molecule has 0 saturated heterocycles. The van der Waals surface area contributed by atoms with Gasteiger partial charge in [0, 0.05) is 6.04 Å². The largest absolute Gasteiger partial charge is 0.481 e. The fourth-order valence-corrected chi connectivity index (χ4v) is 1.67. The molecule has 19 heavy (non-hydrogen) atoms. The predicted molar refractivity (Wildman–Crippen MR) is 74.7 cm³/mol. The lowest BCUT2D eigenvalue weighted by atomic mass is 9.87. The molecule has 3 N–H and O–H groups in total. The Morgan fingerprint density at radius 3 is 2.16 bits per heavy atom. The van der Waals surface area contributed by atoms with Crippen molar-refractivity contribution in [3.05, 3.63) is 0 Å². The summed E-state index contributed by atoms with van der Waals surface area (Å²) in [6, 6.07) is -0.871. The number of urea groups is 1. The van der Waals surface area contributed by atoms with E-state index in [1.807, 2.05) is 20.8 Å². The highest BCUT2D eigenvalue weighted by Crippen LogP contribution is 2.22. The summed E-state index contributed by atoms with van der Waals surface area (Å²) in [6.45, 7) is 9.37. The van der Waals surface area contributed by atoms with Crippen molar-refractivity contribution in [3.8, 4) is 12.3 Å². The van der Waals surface area contributed by atoms with Crippen molar-refractivity contribution >= 4 is 12.0 Å². The van der Waals surface area contributed by atoms with Crippen LogP contribution in [0, 0.1) is 17.8 Å². The van der Waals surface area contributed by atoms with E-state index in [-0.39, 0.29) is 11.8 Å². The van der Waals surface area contributed by atoms with E-state index in [9.17, 15) is 9.59 Å². The van der Waals surface area contributed by atoms with Gasteiger partial charge >= 0.3 is 12.0 Å². The summed E-state index contributed by atoms with van der Waals surface area (Å²) in [4.78, 5) is 22.6. The van der Waals surface area contributed by atoms with E-state index in [0.717, 1.165) is 0 Å². The van der Waals surface area contributed by atoms with Gasteiger partial charge in [-0.2, -0.15) is 0 Å². The number of nitrogens with one attached hydrogen (secondary N) is 2. The van der Waals surface area contributed by atoms with Crippen LogP contribution >= 0.6 is 0 Å². The average Bonchev–Trinajstić information content (AvgIpc) is 2.12. The van der Waals surface area contributed by atoms with Crippen molar-refractivity contribution in [1.82, 2.24) is 10.6 Å².